The van der Waals surface area contributed by atoms with E-state index in [-0.39, 0.29) is 11.0 Å². The van der Waals surface area contributed by atoms with Crippen molar-refractivity contribution in [2.75, 3.05) is 39.4 Å². The number of rotatable bonds is 8. The van der Waals surface area contributed by atoms with Gasteiger partial charge in [0, 0.05) is 26.2 Å². The van der Waals surface area contributed by atoms with Gasteiger partial charge in [-0.1, -0.05) is 30.3 Å². The number of hydrogen-bond donors (Lipinski definition) is 1. The van der Waals surface area contributed by atoms with Gasteiger partial charge in [0.05, 0.1) is 24.2 Å². The van der Waals surface area contributed by atoms with Crippen molar-refractivity contribution in [3.8, 4) is 5.75 Å². The summed E-state index contributed by atoms with van der Waals surface area (Å²) in [4.78, 5) is 2.49. The summed E-state index contributed by atoms with van der Waals surface area (Å²) in [5.41, 5.74) is 1.96. The van der Waals surface area contributed by atoms with Crippen LogP contribution in [0.15, 0.2) is 53.4 Å². The molecule has 0 spiro atoms. The van der Waals surface area contributed by atoms with Gasteiger partial charge in [-0.2, -0.15) is 0 Å². The zero-order valence-corrected chi connectivity index (χ0v) is 17.2. The van der Waals surface area contributed by atoms with Crippen molar-refractivity contribution in [3.63, 3.8) is 0 Å². The predicted octanol–water partition coefficient (Wildman–Crippen LogP) is 2.75. The van der Waals surface area contributed by atoms with Crippen LogP contribution in [-0.4, -0.2) is 52.7 Å². The highest BCUT2D eigenvalue weighted by Crippen LogP contribution is 2.23. The Kier molecular flexibility index (Phi) is 7.07. The van der Waals surface area contributed by atoms with Crippen LogP contribution in [0.25, 0.3) is 0 Å². The summed E-state index contributed by atoms with van der Waals surface area (Å²) in [6, 6.07) is 15.1. The quantitative estimate of drug-likeness (QED) is 0.733. The molecule has 0 bridgehead atoms. The molecule has 6 nitrogen and oxygen atoms in total. The van der Waals surface area contributed by atoms with Crippen LogP contribution in [0.1, 0.15) is 24.2 Å². The molecular weight excluding hydrogens is 376 g/mol. The lowest BCUT2D eigenvalue weighted by Crippen LogP contribution is -2.42. The average Bonchev–Trinajstić information content (AvgIpc) is 2.70. The highest BCUT2D eigenvalue weighted by Gasteiger charge is 2.22. The number of benzene rings is 2. The van der Waals surface area contributed by atoms with Crippen LogP contribution in [-0.2, 0) is 14.8 Å². The van der Waals surface area contributed by atoms with Crippen LogP contribution in [0, 0.1) is 6.92 Å². The molecule has 3 rings (SSSR count). The van der Waals surface area contributed by atoms with Gasteiger partial charge in [-0.05, 0) is 43.2 Å². The Bertz CT molecular complexity index is 871. The van der Waals surface area contributed by atoms with Crippen molar-refractivity contribution >= 4 is 10.0 Å². The molecule has 0 aliphatic carbocycles. The van der Waals surface area contributed by atoms with Gasteiger partial charge < -0.3 is 9.47 Å². The number of morpholine rings is 1. The molecule has 7 heteroatoms. The van der Waals surface area contributed by atoms with E-state index in [1.54, 1.807) is 18.2 Å². The summed E-state index contributed by atoms with van der Waals surface area (Å²) >= 11 is 0. The van der Waals surface area contributed by atoms with Crippen molar-refractivity contribution in [3.05, 3.63) is 59.7 Å². The molecule has 1 aliphatic rings. The number of aryl methyl sites for hydroxylation is 1. The topological polar surface area (TPSA) is 67.9 Å². The first-order valence-corrected chi connectivity index (χ1v) is 11.1. The molecule has 28 heavy (non-hydrogen) atoms. The zero-order chi connectivity index (χ0) is 20.0. The zero-order valence-electron chi connectivity index (χ0n) is 16.4. The van der Waals surface area contributed by atoms with Gasteiger partial charge in [0.25, 0.3) is 0 Å². The highest BCUT2D eigenvalue weighted by molar-refractivity contribution is 7.89. The Hall–Kier alpha value is -1.93. The average molecular weight is 405 g/mol. The van der Waals surface area contributed by atoms with Gasteiger partial charge in [0.15, 0.2) is 0 Å². The van der Waals surface area contributed by atoms with Crippen LogP contribution in [0.5, 0.6) is 5.75 Å². The van der Waals surface area contributed by atoms with E-state index in [2.05, 4.69) is 21.8 Å². The molecule has 1 N–H and O–H groups in total. The monoisotopic (exact) mass is 404 g/mol. The maximum absolute atomic E-state index is 12.6. The van der Waals surface area contributed by atoms with Gasteiger partial charge in [-0.15, -0.1) is 0 Å². The largest absolute Gasteiger partial charge is 0.494 e. The van der Waals surface area contributed by atoms with Gasteiger partial charge in [-0.3, -0.25) is 4.90 Å². The third-order valence-corrected chi connectivity index (χ3v) is 6.26. The highest BCUT2D eigenvalue weighted by atomic mass is 32.2. The molecule has 1 heterocycles. The Morgan fingerprint density at radius 2 is 2.00 bits per heavy atom. The predicted molar refractivity (Wildman–Crippen MR) is 109 cm³/mol. The summed E-state index contributed by atoms with van der Waals surface area (Å²) < 4.78 is 39.2. The summed E-state index contributed by atoms with van der Waals surface area (Å²) in [6.07, 6.45) is 0.0281. The standard InChI is InChI=1S/C21H28N2O4S/c1-3-26-20-10-9-19(15-17(20)2)28(24,25)22-11-12-23-13-14-27-21(16-23)18-7-5-4-6-8-18/h4-10,15,21-22H,3,11-14,16H2,1-2H3/t21-/m1/s1. The minimum Gasteiger partial charge on any atom is -0.494 e. The molecule has 0 unspecified atom stereocenters. The van der Waals surface area contributed by atoms with Crippen LogP contribution < -0.4 is 9.46 Å². The third kappa shape index (κ3) is 5.32. The van der Waals surface area contributed by atoms with Gasteiger partial charge in [0.1, 0.15) is 5.75 Å². The van der Waals surface area contributed by atoms with Crippen molar-refractivity contribution in [2.45, 2.75) is 24.8 Å². The van der Waals surface area contributed by atoms with Crippen LogP contribution in [0.3, 0.4) is 0 Å². The fourth-order valence-corrected chi connectivity index (χ4v) is 4.41. The second kappa shape index (κ2) is 9.52. The first-order valence-electron chi connectivity index (χ1n) is 9.61. The molecule has 1 atom stereocenters. The van der Waals surface area contributed by atoms with Gasteiger partial charge in [0.2, 0.25) is 10.0 Å². The number of nitrogens with zero attached hydrogens (tertiary/aromatic N) is 1. The SMILES string of the molecule is CCOc1ccc(S(=O)(=O)NCCN2CCO[C@@H](c3ccccc3)C2)cc1C. The van der Waals surface area contributed by atoms with E-state index in [1.807, 2.05) is 32.0 Å². The lowest BCUT2D eigenvalue weighted by atomic mass is 10.1. The maximum atomic E-state index is 12.6. The molecule has 1 fully saturated rings. The van der Waals surface area contributed by atoms with Gasteiger partial charge >= 0.3 is 0 Å². The van der Waals surface area contributed by atoms with Crippen LogP contribution in [0.2, 0.25) is 0 Å². The van der Waals surface area contributed by atoms with E-state index in [4.69, 9.17) is 9.47 Å². The van der Waals surface area contributed by atoms with E-state index >= 15 is 0 Å². The summed E-state index contributed by atoms with van der Waals surface area (Å²) in [5, 5.41) is 0. The molecule has 0 radical (unpaired) electrons. The Morgan fingerprint density at radius 1 is 1.21 bits per heavy atom. The summed E-state index contributed by atoms with van der Waals surface area (Å²) in [5.74, 6) is 0.710. The molecule has 2 aromatic rings. The minimum absolute atomic E-state index is 0.0281. The fourth-order valence-electron chi connectivity index (χ4n) is 3.30. The number of hydrogen-bond acceptors (Lipinski definition) is 5. The molecule has 0 amide bonds. The maximum Gasteiger partial charge on any atom is 0.240 e. The Balaban J connectivity index is 1.54. The van der Waals surface area contributed by atoms with E-state index < -0.39 is 10.0 Å². The van der Waals surface area contributed by atoms with Crippen molar-refractivity contribution in [1.29, 1.82) is 0 Å². The fraction of sp³-hybridized carbons (Fsp3) is 0.429. The summed E-state index contributed by atoms with van der Waals surface area (Å²) in [6.45, 7) is 7.50. The lowest BCUT2D eigenvalue weighted by molar-refractivity contribution is -0.0291. The first-order chi connectivity index (χ1) is 13.5. The van der Waals surface area contributed by atoms with E-state index in [1.165, 1.54) is 0 Å². The van der Waals surface area contributed by atoms with E-state index in [0.717, 1.165) is 24.2 Å². The summed E-state index contributed by atoms with van der Waals surface area (Å²) in [7, 11) is -3.54. The van der Waals surface area contributed by atoms with Crippen molar-refractivity contribution in [1.82, 2.24) is 9.62 Å². The molecular formula is C21H28N2O4S. The van der Waals surface area contributed by atoms with Crippen LogP contribution >= 0.6 is 0 Å². The third-order valence-electron chi connectivity index (χ3n) is 4.80. The van der Waals surface area contributed by atoms with Crippen molar-refractivity contribution in [2.24, 2.45) is 0 Å². The number of sulfonamides is 1. The lowest BCUT2D eigenvalue weighted by Gasteiger charge is -2.33. The molecule has 1 saturated heterocycles. The second-order valence-corrected chi connectivity index (χ2v) is 8.60. The van der Waals surface area contributed by atoms with Crippen LogP contribution in [0.4, 0.5) is 0 Å². The Labute approximate surface area is 167 Å². The molecule has 1 aliphatic heterocycles. The first kappa shape index (κ1) is 20.8. The Morgan fingerprint density at radius 3 is 2.71 bits per heavy atom. The van der Waals surface area contributed by atoms with E-state index in [0.29, 0.717) is 32.1 Å². The normalized spacial score (nSPS) is 18.1. The smallest absolute Gasteiger partial charge is 0.240 e. The molecule has 2 aromatic carbocycles. The minimum atomic E-state index is -3.54. The second-order valence-electron chi connectivity index (χ2n) is 6.83. The number of ether oxygens (including phenoxy) is 2. The van der Waals surface area contributed by atoms with Crippen molar-refractivity contribution < 1.29 is 17.9 Å². The molecule has 0 saturated carbocycles. The molecule has 152 valence electrons. The molecule has 0 aromatic heterocycles. The van der Waals surface area contributed by atoms with Gasteiger partial charge in [-0.25, -0.2) is 13.1 Å². The number of nitrogens with one attached hydrogen (secondary N) is 1. The van der Waals surface area contributed by atoms with E-state index in [9.17, 15) is 8.42 Å².